The van der Waals surface area contributed by atoms with Crippen LogP contribution in [0, 0.1) is 0 Å². The second-order valence-corrected chi connectivity index (χ2v) is 4.80. The maximum atomic E-state index is 12.0. The number of hydrogen-bond donors (Lipinski definition) is 1. The first-order chi connectivity index (χ1) is 11.7. The Morgan fingerprint density at radius 3 is 2.38 bits per heavy atom. The van der Waals surface area contributed by atoms with Crippen LogP contribution in [0.5, 0.6) is 11.5 Å². The van der Waals surface area contributed by atoms with Crippen LogP contribution in [0.1, 0.15) is 11.1 Å². The summed E-state index contributed by atoms with van der Waals surface area (Å²) in [6.07, 6.45) is 0. The van der Waals surface area contributed by atoms with Crippen molar-refractivity contribution >= 4 is 11.6 Å². The number of nitrogens with zero attached hydrogens (tertiary/aromatic N) is 1. The van der Waals surface area contributed by atoms with Crippen LogP contribution in [0.3, 0.4) is 0 Å². The predicted octanol–water partition coefficient (Wildman–Crippen LogP) is 2.37. The van der Waals surface area contributed by atoms with E-state index < -0.39 is 0 Å². The molecule has 2 aromatic carbocycles. The Labute approximate surface area is 141 Å². The van der Waals surface area contributed by atoms with Crippen LogP contribution in [0.2, 0.25) is 0 Å². The third-order valence-corrected chi connectivity index (χ3v) is 3.35. The molecule has 24 heavy (non-hydrogen) atoms. The molecule has 1 amide bonds. The van der Waals surface area contributed by atoms with Gasteiger partial charge in [-0.25, -0.2) is 0 Å². The molecule has 0 saturated carbocycles. The van der Waals surface area contributed by atoms with Crippen molar-refractivity contribution in [1.82, 2.24) is 5.32 Å². The van der Waals surface area contributed by atoms with Crippen molar-refractivity contribution in [3.8, 4) is 11.5 Å². The van der Waals surface area contributed by atoms with Gasteiger partial charge in [0.1, 0.15) is 13.7 Å². The minimum atomic E-state index is -0.332. The van der Waals surface area contributed by atoms with E-state index in [4.69, 9.17) is 14.3 Å². The molecule has 1 N–H and O–H groups in total. The summed E-state index contributed by atoms with van der Waals surface area (Å²) in [4.78, 5) is 16.8. The molecule has 0 bridgehead atoms. The molecule has 6 heteroatoms. The predicted molar refractivity (Wildman–Crippen MR) is 91.4 cm³/mol. The van der Waals surface area contributed by atoms with Crippen LogP contribution in [0.25, 0.3) is 0 Å². The van der Waals surface area contributed by atoms with E-state index in [9.17, 15) is 4.79 Å². The standard InChI is InChI=1S/C18H20N2O4/c1-19-18(21)17(20-23-3)14-9-5-4-8-13(14)12-24-16-11-7-6-10-15(16)22-2/h4-11H,12H2,1-3H3,(H,19,21)/b20-17+. The van der Waals surface area contributed by atoms with Crippen molar-refractivity contribution in [3.63, 3.8) is 0 Å². The lowest BCUT2D eigenvalue weighted by molar-refractivity contribution is -0.114. The second-order valence-electron chi connectivity index (χ2n) is 4.80. The van der Waals surface area contributed by atoms with Gasteiger partial charge in [-0.1, -0.05) is 41.6 Å². The molecular weight excluding hydrogens is 308 g/mol. The van der Waals surface area contributed by atoms with E-state index in [2.05, 4.69) is 10.5 Å². The number of ether oxygens (including phenoxy) is 2. The fourth-order valence-electron chi connectivity index (χ4n) is 2.19. The largest absolute Gasteiger partial charge is 0.493 e. The van der Waals surface area contributed by atoms with Gasteiger partial charge < -0.3 is 19.6 Å². The molecule has 2 rings (SSSR count). The Hall–Kier alpha value is -3.02. The molecule has 0 saturated heterocycles. The van der Waals surface area contributed by atoms with Gasteiger partial charge in [0.15, 0.2) is 17.2 Å². The summed E-state index contributed by atoms with van der Waals surface area (Å²) in [5.41, 5.74) is 1.65. The number of oxime groups is 1. The first kappa shape index (κ1) is 17.3. The molecule has 0 aromatic heterocycles. The van der Waals surface area contributed by atoms with Crippen LogP contribution < -0.4 is 14.8 Å². The van der Waals surface area contributed by atoms with Gasteiger partial charge in [0.25, 0.3) is 5.91 Å². The Balaban J connectivity index is 2.29. The van der Waals surface area contributed by atoms with Crippen molar-refractivity contribution in [2.75, 3.05) is 21.3 Å². The number of hydrogen-bond acceptors (Lipinski definition) is 5. The normalized spacial score (nSPS) is 10.9. The SMILES string of the molecule is CNC(=O)/C(=N/OC)c1ccccc1COc1ccccc1OC. The topological polar surface area (TPSA) is 69.2 Å². The average Bonchev–Trinajstić information content (AvgIpc) is 2.64. The van der Waals surface area contributed by atoms with Crippen LogP contribution in [0.15, 0.2) is 53.7 Å². The average molecular weight is 328 g/mol. The Morgan fingerprint density at radius 2 is 1.71 bits per heavy atom. The Bertz CT molecular complexity index is 728. The number of amides is 1. The first-order valence-corrected chi connectivity index (χ1v) is 7.38. The van der Waals surface area contributed by atoms with Gasteiger partial charge in [0.05, 0.1) is 7.11 Å². The Morgan fingerprint density at radius 1 is 1.04 bits per heavy atom. The van der Waals surface area contributed by atoms with Crippen molar-refractivity contribution < 1.29 is 19.1 Å². The number of methoxy groups -OCH3 is 1. The molecule has 0 spiro atoms. The van der Waals surface area contributed by atoms with E-state index in [0.717, 1.165) is 5.56 Å². The summed E-state index contributed by atoms with van der Waals surface area (Å²) in [6, 6.07) is 14.8. The summed E-state index contributed by atoms with van der Waals surface area (Å²) in [6.45, 7) is 0.260. The second kappa shape index (κ2) is 8.57. The maximum Gasteiger partial charge on any atom is 0.273 e. The zero-order valence-corrected chi connectivity index (χ0v) is 13.9. The van der Waals surface area contributed by atoms with E-state index in [1.54, 1.807) is 20.2 Å². The number of rotatable bonds is 7. The molecule has 0 fully saturated rings. The number of likely N-dealkylation sites (N-methyl/N-ethyl adjacent to an activating group) is 1. The van der Waals surface area contributed by atoms with Crippen LogP contribution in [-0.2, 0) is 16.2 Å². The van der Waals surface area contributed by atoms with E-state index in [0.29, 0.717) is 17.1 Å². The van der Waals surface area contributed by atoms with Gasteiger partial charge in [-0.15, -0.1) is 0 Å². The van der Waals surface area contributed by atoms with E-state index >= 15 is 0 Å². The van der Waals surface area contributed by atoms with Gasteiger partial charge in [-0.3, -0.25) is 4.79 Å². The van der Waals surface area contributed by atoms with Crippen molar-refractivity contribution in [3.05, 3.63) is 59.7 Å². The Kier molecular flexibility index (Phi) is 6.19. The van der Waals surface area contributed by atoms with Crippen LogP contribution >= 0.6 is 0 Å². The number of benzene rings is 2. The van der Waals surface area contributed by atoms with Crippen molar-refractivity contribution in [1.29, 1.82) is 0 Å². The summed E-state index contributed by atoms with van der Waals surface area (Å²) < 4.78 is 11.1. The van der Waals surface area contributed by atoms with Gasteiger partial charge in [0, 0.05) is 12.6 Å². The third kappa shape index (κ3) is 4.04. The lowest BCUT2D eigenvalue weighted by Gasteiger charge is -2.13. The van der Waals surface area contributed by atoms with Crippen molar-refractivity contribution in [2.24, 2.45) is 5.16 Å². The summed E-state index contributed by atoms with van der Waals surface area (Å²) in [7, 11) is 4.53. The highest BCUT2D eigenvalue weighted by molar-refractivity contribution is 6.45. The summed E-state index contributed by atoms with van der Waals surface area (Å²) in [5, 5.41) is 6.40. The fourth-order valence-corrected chi connectivity index (χ4v) is 2.19. The quantitative estimate of drug-likeness (QED) is 0.626. The molecule has 6 nitrogen and oxygen atoms in total. The van der Waals surface area contributed by atoms with Gasteiger partial charge in [-0.2, -0.15) is 0 Å². The summed E-state index contributed by atoms with van der Waals surface area (Å²) in [5.74, 6) is 0.939. The van der Waals surface area contributed by atoms with Gasteiger partial charge in [-0.05, 0) is 17.7 Å². The number of carbonyl (C=O) groups is 1. The molecule has 0 atom stereocenters. The molecule has 126 valence electrons. The first-order valence-electron chi connectivity index (χ1n) is 7.38. The van der Waals surface area contributed by atoms with Gasteiger partial charge in [0.2, 0.25) is 0 Å². The van der Waals surface area contributed by atoms with E-state index in [1.807, 2.05) is 42.5 Å². The zero-order chi connectivity index (χ0) is 17.4. The van der Waals surface area contributed by atoms with E-state index in [-0.39, 0.29) is 18.2 Å². The highest BCUT2D eigenvalue weighted by atomic mass is 16.6. The molecule has 0 aliphatic rings. The molecule has 0 unspecified atom stereocenters. The van der Waals surface area contributed by atoms with E-state index in [1.165, 1.54) is 7.11 Å². The molecule has 0 heterocycles. The number of nitrogens with one attached hydrogen (secondary N) is 1. The minimum absolute atomic E-state index is 0.194. The highest BCUT2D eigenvalue weighted by Crippen LogP contribution is 2.27. The molecule has 0 aliphatic heterocycles. The smallest absolute Gasteiger partial charge is 0.273 e. The zero-order valence-electron chi connectivity index (χ0n) is 13.9. The maximum absolute atomic E-state index is 12.0. The lowest BCUT2D eigenvalue weighted by Crippen LogP contribution is -2.29. The number of para-hydroxylation sites is 2. The van der Waals surface area contributed by atoms with Crippen LogP contribution in [-0.4, -0.2) is 32.9 Å². The molecule has 2 aromatic rings. The van der Waals surface area contributed by atoms with Crippen LogP contribution in [0.4, 0.5) is 0 Å². The monoisotopic (exact) mass is 328 g/mol. The molecule has 0 radical (unpaired) electrons. The lowest BCUT2D eigenvalue weighted by atomic mass is 10.0. The molecule has 0 aliphatic carbocycles. The fraction of sp³-hybridized carbons (Fsp3) is 0.222. The molecular formula is C18H20N2O4. The third-order valence-electron chi connectivity index (χ3n) is 3.35. The van der Waals surface area contributed by atoms with Crippen molar-refractivity contribution in [2.45, 2.75) is 6.61 Å². The highest BCUT2D eigenvalue weighted by Gasteiger charge is 2.17. The van der Waals surface area contributed by atoms with Gasteiger partial charge >= 0.3 is 0 Å². The number of carbonyl (C=O) groups excluding carboxylic acids is 1. The summed E-state index contributed by atoms with van der Waals surface area (Å²) >= 11 is 0. The minimum Gasteiger partial charge on any atom is -0.493 e.